The summed E-state index contributed by atoms with van der Waals surface area (Å²) in [5, 5.41) is 0. The molecule has 0 N–H and O–H groups in total. The molecule has 0 spiro atoms. The van der Waals surface area contributed by atoms with E-state index in [1.165, 1.54) is 12.0 Å². The molecule has 2 aliphatic rings. The molecule has 108 valence electrons. The first-order valence-electron chi connectivity index (χ1n) is 7.72. The van der Waals surface area contributed by atoms with Gasteiger partial charge in [0, 0.05) is 24.4 Å². The summed E-state index contributed by atoms with van der Waals surface area (Å²) in [5.41, 5.74) is 1.32. The van der Waals surface area contributed by atoms with Crippen LogP contribution < -0.4 is 0 Å². The summed E-state index contributed by atoms with van der Waals surface area (Å²) in [4.78, 5) is 14.8. The Balaban J connectivity index is 1.64. The minimum atomic E-state index is 0.216. The summed E-state index contributed by atoms with van der Waals surface area (Å²) in [6.07, 6.45) is 5.47. The highest BCUT2D eigenvalue weighted by molar-refractivity contribution is 6.17. The molecule has 20 heavy (non-hydrogen) atoms. The molecule has 3 unspecified atom stereocenters. The number of alkyl halides is 1. The second-order valence-electron chi connectivity index (χ2n) is 6.02. The molecule has 3 rings (SSSR count). The maximum absolute atomic E-state index is 12.7. The largest absolute Gasteiger partial charge is 0.339 e. The van der Waals surface area contributed by atoms with Gasteiger partial charge in [0.1, 0.15) is 0 Å². The molecule has 1 saturated carbocycles. The van der Waals surface area contributed by atoms with E-state index in [1.807, 2.05) is 6.07 Å². The molecule has 1 amide bonds. The second kappa shape index (κ2) is 6.17. The fourth-order valence-electron chi connectivity index (χ4n) is 3.47. The van der Waals surface area contributed by atoms with Gasteiger partial charge in [-0.1, -0.05) is 30.3 Å². The highest BCUT2D eigenvalue weighted by Crippen LogP contribution is 2.49. The molecule has 1 aliphatic heterocycles. The van der Waals surface area contributed by atoms with Crippen molar-refractivity contribution in [3.05, 3.63) is 35.9 Å². The monoisotopic (exact) mass is 291 g/mol. The number of rotatable bonds is 4. The Labute approximate surface area is 126 Å². The molecule has 1 heterocycles. The van der Waals surface area contributed by atoms with Crippen LogP contribution >= 0.6 is 11.6 Å². The van der Waals surface area contributed by atoms with Gasteiger partial charge in [0.25, 0.3) is 0 Å². The first kappa shape index (κ1) is 13.9. The lowest BCUT2D eigenvalue weighted by Gasteiger charge is -2.36. The topological polar surface area (TPSA) is 20.3 Å². The minimum Gasteiger partial charge on any atom is -0.339 e. The van der Waals surface area contributed by atoms with Crippen LogP contribution in [0.1, 0.15) is 43.6 Å². The molecular weight excluding hydrogens is 270 g/mol. The van der Waals surface area contributed by atoms with Crippen molar-refractivity contribution in [1.29, 1.82) is 0 Å². The van der Waals surface area contributed by atoms with Crippen LogP contribution in [-0.4, -0.2) is 29.3 Å². The van der Waals surface area contributed by atoms with E-state index in [9.17, 15) is 4.79 Å². The zero-order chi connectivity index (χ0) is 13.9. The van der Waals surface area contributed by atoms with Crippen LogP contribution in [0.5, 0.6) is 0 Å². The predicted octanol–water partition coefficient (Wildman–Crippen LogP) is 3.80. The third kappa shape index (κ3) is 2.85. The number of benzene rings is 1. The third-order valence-electron chi connectivity index (χ3n) is 4.69. The highest BCUT2D eigenvalue weighted by atomic mass is 35.5. The maximum Gasteiger partial charge on any atom is 0.226 e. The number of carbonyl (C=O) groups excluding carboxylic acids is 1. The molecule has 1 saturated heterocycles. The normalized spacial score (nSPS) is 29.2. The van der Waals surface area contributed by atoms with E-state index >= 15 is 0 Å². The van der Waals surface area contributed by atoms with Crippen molar-refractivity contribution in [3.63, 3.8) is 0 Å². The quantitative estimate of drug-likeness (QED) is 0.773. The highest BCUT2D eigenvalue weighted by Gasteiger charge is 2.46. The number of nitrogens with zero attached hydrogens (tertiary/aromatic N) is 1. The molecule has 0 aromatic heterocycles. The molecule has 1 aromatic rings. The van der Waals surface area contributed by atoms with Gasteiger partial charge in [-0.05, 0) is 43.6 Å². The first-order chi connectivity index (χ1) is 9.81. The van der Waals surface area contributed by atoms with E-state index < -0.39 is 0 Å². The number of hydrogen-bond donors (Lipinski definition) is 0. The summed E-state index contributed by atoms with van der Waals surface area (Å²) in [6, 6.07) is 10.8. The minimum absolute atomic E-state index is 0.216. The van der Waals surface area contributed by atoms with Crippen LogP contribution in [0.15, 0.2) is 30.3 Å². The average molecular weight is 292 g/mol. The Morgan fingerprint density at radius 3 is 2.80 bits per heavy atom. The lowest BCUT2D eigenvalue weighted by atomic mass is 9.99. The van der Waals surface area contributed by atoms with Gasteiger partial charge in [-0.3, -0.25) is 4.79 Å². The summed E-state index contributed by atoms with van der Waals surface area (Å²) in [6.45, 7) is 0.929. The Morgan fingerprint density at radius 2 is 2.05 bits per heavy atom. The van der Waals surface area contributed by atoms with Gasteiger partial charge in [0.2, 0.25) is 5.91 Å². The number of piperidine rings is 1. The number of carbonyl (C=O) groups is 1. The molecule has 2 nitrogen and oxygen atoms in total. The molecule has 2 fully saturated rings. The van der Waals surface area contributed by atoms with Crippen LogP contribution in [-0.2, 0) is 4.79 Å². The Kier molecular flexibility index (Phi) is 4.30. The fourth-order valence-corrected chi connectivity index (χ4v) is 3.72. The summed E-state index contributed by atoms with van der Waals surface area (Å²) in [5.74, 6) is 1.69. The van der Waals surface area contributed by atoms with Crippen molar-refractivity contribution >= 4 is 17.5 Å². The molecule has 0 radical (unpaired) electrons. The van der Waals surface area contributed by atoms with Gasteiger partial charge >= 0.3 is 0 Å². The van der Waals surface area contributed by atoms with Crippen molar-refractivity contribution in [2.24, 2.45) is 5.92 Å². The van der Waals surface area contributed by atoms with Crippen molar-refractivity contribution in [2.75, 3.05) is 12.4 Å². The molecule has 1 aromatic carbocycles. The Hall–Kier alpha value is -1.02. The Morgan fingerprint density at radius 1 is 1.25 bits per heavy atom. The molecule has 0 bridgehead atoms. The van der Waals surface area contributed by atoms with Crippen LogP contribution in [0, 0.1) is 5.92 Å². The summed E-state index contributed by atoms with van der Waals surface area (Å²) >= 11 is 5.89. The number of likely N-dealkylation sites (tertiary alicyclic amines) is 1. The average Bonchev–Trinajstić information content (AvgIpc) is 3.29. The third-order valence-corrected chi connectivity index (χ3v) is 4.91. The Bertz CT molecular complexity index is 459. The molecule has 3 atom stereocenters. The molecule has 3 heteroatoms. The van der Waals surface area contributed by atoms with Gasteiger partial charge in [-0.2, -0.15) is 0 Å². The van der Waals surface area contributed by atoms with E-state index in [0.29, 0.717) is 23.7 Å². The lowest BCUT2D eigenvalue weighted by Crippen LogP contribution is -2.44. The van der Waals surface area contributed by atoms with Crippen LogP contribution in [0.2, 0.25) is 0 Å². The zero-order valence-electron chi connectivity index (χ0n) is 11.8. The summed E-state index contributed by atoms with van der Waals surface area (Å²) < 4.78 is 0. The maximum atomic E-state index is 12.7. The molecule has 1 aliphatic carbocycles. The van der Waals surface area contributed by atoms with Gasteiger partial charge in [0.15, 0.2) is 0 Å². The predicted molar refractivity (Wildman–Crippen MR) is 82.0 cm³/mol. The van der Waals surface area contributed by atoms with Gasteiger partial charge in [0.05, 0.1) is 0 Å². The fraction of sp³-hybridized carbons (Fsp3) is 0.588. The zero-order valence-corrected chi connectivity index (χ0v) is 12.6. The van der Waals surface area contributed by atoms with E-state index in [-0.39, 0.29) is 5.92 Å². The first-order valence-corrected chi connectivity index (χ1v) is 8.26. The van der Waals surface area contributed by atoms with Gasteiger partial charge in [-0.25, -0.2) is 0 Å². The van der Waals surface area contributed by atoms with Crippen molar-refractivity contribution < 1.29 is 4.79 Å². The van der Waals surface area contributed by atoms with Crippen LogP contribution in [0.4, 0.5) is 0 Å². The van der Waals surface area contributed by atoms with E-state index in [2.05, 4.69) is 29.2 Å². The van der Waals surface area contributed by atoms with Crippen LogP contribution in [0.25, 0.3) is 0 Å². The second-order valence-corrected chi connectivity index (χ2v) is 6.40. The standard InChI is InChI=1S/C17H22ClNO/c18-10-9-14-8-4-5-11-19(14)17(20)16-12-15(16)13-6-2-1-3-7-13/h1-3,6-7,14-16H,4-5,8-12H2. The lowest BCUT2D eigenvalue weighted by molar-refractivity contribution is -0.136. The van der Waals surface area contributed by atoms with E-state index in [1.54, 1.807) is 0 Å². The van der Waals surface area contributed by atoms with Crippen molar-refractivity contribution in [1.82, 2.24) is 4.90 Å². The SMILES string of the molecule is O=C(C1CC1c1ccccc1)N1CCCCC1CCCl. The molecular formula is C17H22ClNO. The van der Waals surface area contributed by atoms with E-state index in [0.717, 1.165) is 32.2 Å². The van der Waals surface area contributed by atoms with Gasteiger partial charge in [-0.15, -0.1) is 11.6 Å². The summed E-state index contributed by atoms with van der Waals surface area (Å²) in [7, 11) is 0. The van der Waals surface area contributed by atoms with Crippen molar-refractivity contribution in [2.45, 2.75) is 44.1 Å². The van der Waals surface area contributed by atoms with Crippen molar-refractivity contribution in [3.8, 4) is 0 Å². The van der Waals surface area contributed by atoms with Gasteiger partial charge < -0.3 is 4.90 Å². The number of amides is 1. The van der Waals surface area contributed by atoms with E-state index in [4.69, 9.17) is 11.6 Å². The smallest absolute Gasteiger partial charge is 0.226 e. The number of halogens is 1. The number of hydrogen-bond acceptors (Lipinski definition) is 1. The van der Waals surface area contributed by atoms with Crippen LogP contribution in [0.3, 0.4) is 0 Å².